The monoisotopic (exact) mass is 212 g/mol. The maximum atomic E-state index is 11.6. The van der Waals surface area contributed by atoms with E-state index in [4.69, 9.17) is 5.26 Å². The van der Waals surface area contributed by atoms with Crippen molar-refractivity contribution in [3.05, 3.63) is 48.5 Å². The number of aromatic nitrogens is 2. The van der Waals surface area contributed by atoms with E-state index >= 15 is 0 Å². The summed E-state index contributed by atoms with van der Waals surface area (Å²) in [5.74, 6) is 0. The molecule has 0 aliphatic rings. The number of carbonyl (C=O) groups is 1. The van der Waals surface area contributed by atoms with Gasteiger partial charge in [-0.15, -0.1) is 0 Å². The maximum absolute atomic E-state index is 11.6. The van der Waals surface area contributed by atoms with Gasteiger partial charge in [0.05, 0.1) is 11.6 Å². The largest absolute Gasteiger partial charge is 0.331 e. The number of nitriles is 1. The van der Waals surface area contributed by atoms with Gasteiger partial charge in [-0.05, 0) is 24.3 Å². The highest BCUT2D eigenvalue weighted by Gasteiger charge is 2.03. The van der Waals surface area contributed by atoms with Crippen LogP contribution in [0, 0.1) is 11.3 Å². The van der Waals surface area contributed by atoms with Crippen molar-refractivity contribution in [3.63, 3.8) is 0 Å². The molecule has 0 radical (unpaired) electrons. The Morgan fingerprint density at radius 2 is 2.12 bits per heavy atom. The Hall–Kier alpha value is -2.61. The zero-order chi connectivity index (χ0) is 11.4. The van der Waals surface area contributed by atoms with Gasteiger partial charge in [-0.1, -0.05) is 0 Å². The summed E-state index contributed by atoms with van der Waals surface area (Å²) in [6.45, 7) is 0. The normalized spacial score (nSPS) is 9.44. The minimum atomic E-state index is -0.290. The van der Waals surface area contributed by atoms with Crippen LogP contribution in [0.25, 0.3) is 0 Å². The lowest BCUT2D eigenvalue weighted by molar-refractivity contribution is 0.253. The lowest BCUT2D eigenvalue weighted by atomic mass is 10.2. The molecule has 2 rings (SSSR count). The van der Waals surface area contributed by atoms with Crippen molar-refractivity contribution in [3.8, 4) is 6.07 Å². The molecule has 2 aromatic rings. The number of amides is 1. The van der Waals surface area contributed by atoms with Gasteiger partial charge in [-0.3, -0.25) is 4.57 Å². The molecule has 1 amide bonds. The molecule has 0 aliphatic carbocycles. The Labute approximate surface area is 92.0 Å². The van der Waals surface area contributed by atoms with Crippen LogP contribution in [0.5, 0.6) is 0 Å². The van der Waals surface area contributed by atoms with Crippen LogP contribution in [-0.4, -0.2) is 15.6 Å². The van der Waals surface area contributed by atoms with Crippen LogP contribution >= 0.6 is 0 Å². The molecule has 1 heterocycles. The van der Waals surface area contributed by atoms with Crippen LogP contribution in [0.2, 0.25) is 0 Å². The minimum Gasteiger partial charge on any atom is -0.307 e. The molecule has 0 spiro atoms. The maximum Gasteiger partial charge on any atom is 0.331 e. The molecule has 5 nitrogen and oxygen atoms in total. The van der Waals surface area contributed by atoms with E-state index in [0.29, 0.717) is 11.3 Å². The van der Waals surface area contributed by atoms with E-state index in [-0.39, 0.29) is 6.03 Å². The molecule has 0 fully saturated rings. The predicted molar refractivity (Wildman–Crippen MR) is 57.8 cm³/mol. The Morgan fingerprint density at radius 3 is 2.69 bits per heavy atom. The van der Waals surface area contributed by atoms with Crippen LogP contribution in [0.1, 0.15) is 5.56 Å². The summed E-state index contributed by atoms with van der Waals surface area (Å²) in [7, 11) is 0. The molecule has 0 atom stereocenters. The summed E-state index contributed by atoms with van der Waals surface area (Å²) in [5, 5.41) is 11.3. The molecule has 0 aliphatic heterocycles. The summed E-state index contributed by atoms with van der Waals surface area (Å²) in [4.78, 5) is 15.3. The van der Waals surface area contributed by atoms with E-state index < -0.39 is 0 Å². The third-order valence-electron chi connectivity index (χ3n) is 2.00. The van der Waals surface area contributed by atoms with Crippen molar-refractivity contribution in [2.45, 2.75) is 0 Å². The van der Waals surface area contributed by atoms with E-state index in [2.05, 4.69) is 10.3 Å². The van der Waals surface area contributed by atoms with Gasteiger partial charge >= 0.3 is 6.03 Å². The first kappa shape index (κ1) is 9.93. The molecule has 1 aromatic carbocycles. The zero-order valence-electron chi connectivity index (χ0n) is 8.29. The summed E-state index contributed by atoms with van der Waals surface area (Å²) in [6, 6.07) is 8.35. The van der Waals surface area contributed by atoms with Gasteiger partial charge in [-0.2, -0.15) is 5.26 Å². The van der Waals surface area contributed by atoms with Crippen molar-refractivity contribution < 1.29 is 4.79 Å². The fourth-order valence-corrected chi connectivity index (χ4v) is 1.20. The predicted octanol–water partition coefficient (Wildman–Crippen LogP) is 1.83. The van der Waals surface area contributed by atoms with Crippen LogP contribution in [-0.2, 0) is 0 Å². The fraction of sp³-hybridized carbons (Fsp3) is 0. The number of anilines is 1. The first-order valence-electron chi connectivity index (χ1n) is 4.59. The zero-order valence-corrected chi connectivity index (χ0v) is 8.29. The molecule has 1 aromatic heterocycles. The van der Waals surface area contributed by atoms with Crippen molar-refractivity contribution in [1.29, 1.82) is 5.26 Å². The van der Waals surface area contributed by atoms with Crippen LogP contribution in [0.4, 0.5) is 10.5 Å². The van der Waals surface area contributed by atoms with Gasteiger partial charge in [0.1, 0.15) is 6.33 Å². The van der Waals surface area contributed by atoms with Crippen LogP contribution in [0.15, 0.2) is 43.0 Å². The third kappa shape index (κ3) is 2.07. The average molecular weight is 212 g/mol. The SMILES string of the molecule is N#Cc1ccc(NC(=O)n2ccnc2)cc1. The lowest BCUT2D eigenvalue weighted by Crippen LogP contribution is -2.17. The van der Waals surface area contributed by atoms with Crippen LogP contribution in [0.3, 0.4) is 0 Å². The highest BCUT2D eigenvalue weighted by Crippen LogP contribution is 2.09. The second kappa shape index (κ2) is 4.28. The molecule has 0 saturated carbocycles. The summed E-state index contributed by atoms with van der Waals surface area (Å²) in [5.41, 5.74) is 1.19. The van der Waals surface area contributed by atoms with Crippen LogP contribution < -0.4 is 5.32 Å². The first-order chi connectivity index (χ1) is 7.79. The molecule has 0 unspecified atom stereocenters. The Kier molecular flexibility index (Phi) is 2.65. The molecule has 0 bridgehead atoms. The molecular formula is C11H8N4O. The molecular weight excluding hydrogens is 204 g/mol. The number of nitrogens with zero attached hydrogens (tertiary/aromatic N) is 3. The third-order valence-corrected chi connectivity index (χ3v) is 2.00. The summed E-state index contributed by atoms with van der Waals surface area (Å²) >= 11 is 0. The topological polar surface area (TPSA) is 70.7 Å². The second-order valence-corrected chi connectivity index (χ2v) is 3.09. The highest BCUT2D eigenvalue weighted by atomic mass is 16.2. The van der Waals surface area contributed by atoms with E-state index in [9.17, 15) is 4.79 Å². The Balaban J connectivity index is 2.10. The number of hydrogen-bond donors (Lipinski definition) is 1. The number of benzene rings is 1. The average Bonchev–Trinajstić information content (AvgIpc) is 2.83. The Morgan fingerprint density at radius 1 is 1.38 bits per heavy atom. The number of hydrogen-bond acceptors (Lipinski definition) is 3. The van der Waals surface area contributed by atoms with Crippen molar-refractivity contribution >= 4 is 11.7 Å². The van der Waals surface area contributed by atoms with Crippen molar-refractivity contribution in [1.82, 2.24) is 9.55 Å². The number of rotatable bonds is 1. The molecule has 5 heteroatoms. The Bertz CT molecular complexity index is 522. The van der Waals surface area contributed by atoms with Crippen molar-refractivity contribution in [2.24, 2.45) is 0 Å². The van der Waals surface area contributed by atoms with Gasteiger partial charge in [0.25, 0.3) is 0 Å². The number of carbonyl (C=O) groups excluding carboxylic acids is 1. The first-order valence-corrected chi connectivity index (χ1v) is 4.59. The molecule has 16 heavy (non-hydrogen) atoms. The summed E-state index contributed by atoms with van der Waals surface area (Å²) in [6.07, 6.45) is 4.50. The highest BCUT2D eigenvalue weighted by molar-refractivity contribution is 5.90. The number of imidazole rings is 1. The second-order valence-electron chi connectivity index (χ2n) is 3.09. The lowest BCUT2D eigenvalue weighted by Gasteiger charge is -2.04. The summed E-state index contributed by atoms with van der Waals surface area (Å²) < 4.78 is 1.33. The van der Waals surface area contributed by atoms with E-state index in [1.807, 2.05) is 6.07 Å². The fourth-order valence-electron chi connectivity index (χ4n) is 1.20. The van der Waals surface area contributed by atoms with Gasteiger partial charge in [0, 0.05) is 18.1 Å². The van der Waals surface area contributed by atoms with Gasteiger partial charge < -0.3 is 5.32 Å². The van der Waals surface area contributed by atoms with E-state index in [0.717, 1.165) is 0 Å². The van der Waals surface area contributed by atoms with Gasteiger partial charge in [0.15, 0.2) is 0 Å². The van der Waals surface area contributed by atoms with Crippen molar-refractivity contribution in [2.75, 3.05) is 5.32 Å². The number of nitrogens with one attached hydrogen (secondary N) is 1. The standard InChI is InChI=1S/C11H8N4O/c12-7-9-1-3-10(4-2-9)14-11(16)15-6-5-13-8-15/h1-6,8H,(H,14,16). The van der Waals surface area contributed by atoms with Gasteiger partial charge in [0.2, 0.25) is 0 Å². The van der Waals surface area contributed by atoms with E-state index in [1.165, 1.54) is 17.1 Å². The van der Waals surface area contributed by atoms with E-state index in [1.54, 1.807) is 30.5 Å². The molecule has 1 N–H and O–H groups in total. The molecule has 78 valence electrons. The molecule has 0 saturated heterocycles. The smallest absolute Gasteiger partial charge is 0.307 e. The minimum absolute atomic E-state index is 0.290. The quantitative estimate of drug-likeness (QED) is 0.783. The van der Waals surface area contributed by atoms with Gasteiger partial charge in [-0.25, -0.2) is 9.78 Å².